The molecule has 8 heteroatoms. The Morgan fingerprint density at radius 1 is 0.959 bits per heavy atom. The lowest BCUT2D eigenvalue weighted by Crippen LogP contribution is -2.46. The Labute approximate surface area is 291 Å². The Morgan fingerprint density at radius 3 is 2.37 bits per heavy atom. The van der Waals surface area contributed by atoms with Crippen LogP contribution in [0, 0.1) is 16.7 Å². The molecule has 1 saturated carbocycles. The van der Waals surface area contributed by atoms with Crippen LogP contribution < -0.4 is 5.32 Å². The number of rotatable bonds is 10. The van der Waals surface area contributed by atoms with Gasteiger partial charge in [0.25, 0.3) is 5.91 Å². The number of carbonyl (C=O) groups excluding carboxylic acids is 2. The number of likely N-dealkylation sites (tertiary alicyclic amines) is 1. The van der Waals surface area contributed by atoms with Crippen LogP contribution in [0.25, 0.3) is 11.1 Å². The van der Waals surface area contributed by atoms with Gasteiger partial charge in [-0.05, 0) is 70.9 Å². The van der Waals surface area contributed by atoms with Crippen molar-refractivity contribution in [2.24, 2.45) is 16.7 Å². The monoisotopic (exact) mass is 668 g/mol. The van der Waals surface area contributed by atoms with E-state index in [0.29, 0.717) is 23.4 Å². The first-order valence-electron chi connectivity index (χ1n) is 17.7. The fraction of sp³-hybridized carbons (Fsp3) is 0.512. The Kier molecular flexibility index (Phi) is 10.3. The third-order valence-electron chi connectivity index (χ3n) is 10.7. The molecule has 2 bridgehead atoms. The van der Waals surface area contributed by atoms with Crippen LogP contribution in [0.5, 0.6) is 0 Å². The summed E-state index contributed by atoms with van der Waals surface area (Å²) in [5, 5.41) is 12.5. The first-order valence-corrected chi connectivity index (χ1v) is 17.7. The molecule has 1 amide bonds. The number of carbonyl (C=O) groups is 2. The van der Waals surface area contributed by atoms with E-state index in [1.54, 1.807) is 6.92 Å². The van der Waals surface area contributed by atoms with Crippen molar-refractivity contribution >= 4 is 11.9 Å². The van der Waals surface area contributed by atoms with Crippen molar-refractivity contribution < 1.29 is 28.9 Å². The average Bonchev–Trinajstić information content (AvgIpc) is 3.31. The Bertz CT molecular complexity index is 1620. The molecule has 3 aromatic carbocycles. The van der Waals surface area contributed by atoms with Crippen molar-refractivity contribution in [3.05, 3.63) is 95.1 Å². The first-order chi connectivity index (χ1) is 23.3. The summed E-state index contributed by atoms with van der Waals surface area (Å²) >= 11 is 0. The molecule has 0 aromatic heterocycles. The van der Waals surface area contributed by atoms with E-state index < -0.39 is 18.4 Å². The van der Waals surface area contributed by atoms with Crippen molar-refractivity contribution in [3.8, 4) is 11.1 Å². The summed E-state index contributed by atoms with van der Waals surface area (Å²) < 4.78 is 18.6. The summed E-state index contributed by atoms with van der Waals surface area (Å²) in [7, 11) is 0. The zero-order valence-corrected chi connectivity index (χ0v) is 29.8. The highest BCUT2D eigenvalue weighted by molar-refractivity contribution is 5.82. The number of aliphatic hydroxyl groups is 1. The predicted molar refractivity (Wildman–Crippen MR) is 189 cm³/mol. The molecule has 6 rings (SSSR count). The lowest BCUT2D eigenvalue weighted by molar-refractivity contribution is -0.276. The van der Waals surface area contributed by atoms with Gasteiger partial charge in [0.15, 0.2) is 12.4 Å². The SMILES string of the molecule is CC(=O)OC(C)C(=O)NCc1cccc(-c2ccc(C3OC(CN4CC5(C)CC4CC(C)(C)C5)C(C)C(c4ccc(CO)cc4)O3)cc2)c1. The number of nitrogens with zero attached hydrogens (tertiary/aromatic N) is 1. The Balaban J connectivity index is 1.19. The molecule has 2 saturated heterocycles. The average molecular weight is 669 g/mol. The van der Waals surface area contributed by atoms with Gasteiger partial charge in [-0.15, -0.1) is 0 Å². The topological polar surface area (TPSA) is 97.3 Å². The van der Waals surface area contributed by atoms with Crippen LogP contribution in [0.4, 0.5) is 0 Å². The largest absolute Gasteiger partial charge is 0.453 e. The number of nitrogens with one attached hydrogen (secondary N) is 1. The second kappa shape index (κ2) is 14.4. The molecule has 7 unspecified atom stereocenters. The minimum atomic E-state index is -0.843. The minimum absolute atomic E-state index is 0.0116. The van der Waals surface area contributed by atoms with E-state index in [2.05, 4.69) is 80.4 Å². The number of ether oxygens (including phenoxy) is 3. The first kappa shape index (κ1) is 35.3. The molecular formula is C41H52N2O6. The summed E-state index contributed by atoms with van der Waals surface area (Å²) in [5.74, 6) is -0.683. The Morgan fingerprint density at radius 2 is 1.67 bits per heavy atom. The lowest BCUT2D eigenvalue weighted by atomic mass is 9.65. The molecule has 3 fully saturated rings. The fourth-order valence-corrected chi connectivity index (χ4v) is 8.68. The Hall–Kier alpha value is -3.56. The van der Waals surface area contributed by atoms with Crippen LogP contribution in [0.2, 0.25) is 0 Å². The minimum Gasteiger partial charge on any atom is -0.453 e. The van der Waals surface area contributed by atoms with E-state index in [0.717, 1.165) is 46.5 Å². The molecule has 0 radical (unpaired) electrons. The van der Waals surface area contributed by atoms with Crippen molar-refractivity contribution in [1.29, 1.82) is 0 Å². The van der Waals surface area contributed by atoms with Gasteiger partial charge in [0.1, 0.15) is 0 Å². The highest BCUT2D eigenvalue weighted by Crippen LogP contribution is 2.53. The number of amides is 1. The van der Waals surface area contributed by atoms with E-state index >= 15 is 0 Å². The van der Waals surface area contributed by atoms with E-state index in [1.807, 2.05) is 30.3 Å². The van der Waals surface area contributed by atoms with Crippen LogP contribution >= 0.6 is 0 Å². The van der Waals surface area contributed by atoms with Gasteiger partial charge in [-0.1, -0.05) is 94.4 Å². The van der Waals surface area contributed by atoms with E-state index in [9.17, 15) is 14.7 Å². The second-order valence-corrected chi connectivity index (χ2v) is 15.8. The van der Waals surface area contributed by atoms with Crippen molar-refractivity contribution in [2.45, 2.75) is 105 Å². The second-order valence-electron chi connectivity index (χ2n) is 15.8. The van der Waals surface area contributed by atoms with Gasteiger partial charge in [-0.3, -0.25) is 14.5 Å². The predicted octanol–water partition coefficient (Wildman–Crippen LogP) is 7.11. The van der Waals surface area contributed by atoms with Crippen LogP contribution in [0.1, 0.15) is 95.5 Å². The highest BCUT2D eigenvalue weighted by Gasteiger charge is 2.51. The summed E-state index contributed by atoms with van der Waals surface area (Å²) in [5.41, 5.74) is 6.67. The van der Waals surface area contributed by atoms with Crippen molar-refractivity contribution in [1.82, 2.24) is 10.2 Å². The van der Waals surface area contributed by atoms with E-state index in [4.69, 9.17) is 14.2 Å². The smallest absolute Gasteiger partial charge is 0.303 e. The van der Waals surface area contributed by atoms with Gasteiger partial charge >= 0.3 is 5.97 Å². The van der Waals surface area contributed by atoms with Crippen LogP contribution in [0.15, 0.2) is 72.8 Å². The van der Waals surface area contributed by atoms with Crippen LogP contribution in [0.3, 0.4) is 0 Å². The van der Waals surface area contributed by atoms with Crippen LogP contribution in [-0.2, 0) is 37.0 Å². The maximum atomic E-state index is 12.3. The molecule has 3 aliphatic rings. The van der Waals surface area contributed by atoms with E-state index in [-0.39, 0.29) is 30.6 Å². The summed E-state index contributed by atoms with van der Waals surface area (Å²) in [6.07, 6.45) is 2.21. The molecule has 0 spiro atoms. The molecule has 8 nitrogen and oxygen atoms in total. The van der Waals surface area contributed by atoms with Gasteiger partial charge in [-0.25, -0.2) is 0 Å². The van der Waals surface area contributed by atoms with E-state index in [1.165, 1.54) is 26.2 Å². The van der Waals surface area contributed by atoms with Gasteiger partial charge in [0, 0.05) is 44.1 Å². The molecule has 2 aliphatic heterocycles. The molecule has 1 aliphatic carbocycles. The number of hydrogen-bond acceptors (Lipinski definition) is 7. The molecule has 3 aromatic rings. The van der Waals surface area contributed by atoms with Gasteiger partial charge in [-0.2, -0.15) is 0 Å². The van der Waals surface area contributed by atoms with Gasteiger partial charge in [0.2, 0.25) is 0 Å². The maximum Gasteiger partial charge on any atom is 0.303 e. The molecule has 2 heterocycles. The van der Waals surface area contributed by atoms with Crippen LogP contribution in [-0.4, -0.2) is 53.2 Å². The number of hydrogen-bond donors (Lipinski definition) is 2. The molecule has 262 valence electrons. The number of benzene rings is 3. The zero-order chi connectivity index (χ0) is 34.9. The van der Waals surface area contributed by atoms with Gasteiger partial charge < -0.3 is 24.6 Å². The van der Waals surface area contributed by atoms with Crippen molar-refractivity contribution in [2.75, 3.05) is 13.1 Å². The van der Waals surface area contributed by atoms with Crippen molar-refractivity contribution in [3.63, 3.8) is 0 Å². The molecular weight excluding hydrogens is 616 g/mol. The number of fused-ring (bicyclic) bond motifs is 2. The fourth-order valence-electron chi connectivity index (χ4n) is 8.68. The number of esters is 1. The standard InChI is InChI=1S/C41H52N2O6/c1-26-36(22-43-25-41(6)20-35(43)19-40(4,5)24-41)48-39(49-37(26)32-12-10-29(23-44)11-13-32)33-16-14-31(15-17-33)34-9-7-8-30(18-34)21-42-38(46)27(2)47-28(3)45/h7-18,26-27,35-37,39,44H,19-25H2,1-6H3,(H,42,46). The lowest BCUT2D eigenvalue weighted by Gasteiger charge is -2.43. The molecule has 2 N–H and O–H groups in total. The maximum absolute atomic E-state index is 12.3. The van der Waals surface area contributed by atoms with Gasteiger partial charge in [0.05, 0.1) is 18.8 Å². The third-order valence-corrected chi connectivity index (χ3v) is 10.7. The zero-order valence-electron chi connectivity index (χ0n) is 29.8. The normalized spacial score (nSPS) is 28.5. The molecule has 49 heavy (non-hydrogen) atoms. The quantitative estimate of drug-likeness (QED) is 0.223. The summed E-state index contributed by atoms with van der Waals surface area (Å²) in [4.78, 5) is 26.2. The number of aliphatic hydroxyl groups excluding tert-OH is 1. The summed E-state index contributed by atoms with van der Waals surface area (Å²) in [6, 6.07) is 25.1. The summed E-state index contributed by atoms with van der Waals surface area (Å²) in [6.45, 7) is 14.7. The third kappa shape index (κ3) is 8.26. The highest BCUT2D eigenvalue weighted by atomic mass is 16.7. The molecule has 7 atom stereocenters.